The standard InChI is InChI=1S/C53H43IN2/c1-34-30-53(54)33-51(53,3)49-29-41-28-40-24-22-38(27-37-16-8-9-19-44(37)50-25-23-39(31-55(41)50)43-18-11-13-21-46(43)49)42-17-10-12-20-45(42)48-32-56(52(34,40)4)35(2)26-47(48)36-14-6-5-7-15-36/h5-23,25-26,29-32H,24,27,33H2,1-4H3/q+2/b34-30-,38-22+,49-29?. The number of aromatic nitrogens is 2. The number of rotatable bonds is 1. The van der Waals surface area contributed by atoms with Crippen LogP contribution in [0.4, 0.5) is 0 Å². The predicted octanol–water partition coefficient (Wildman–Crippen LogP) is 12.3. The van der Waals surface area contributed by atoms with E-state index in [9.17, 15) is 0 Å². The summed E-state index contributed by atoms with van der Waals surface area (Å²) in [5.41, 5.74) is 25.3. The highest BCUT2D eigenvalue weighted by Crippen LogP contribution is 2.71. The Morgan fingerprint density at radius 2 is 1.36 bits per heavy atom. The van der Waals surface area contributed by atoms with Gasteiger partial charge in [0.2, 0.25) is 11.2 Å². The van der Waals surface area contributed by atoms with Crippen molar-refractivity contribution >= 4 is 39.4 Å². The van der Waals surface area contributed by atoms with Crippen molar-refractivity contribution in [1.29, 1.82) is 0 Å². The summed E-state index contributed by atoms with van der Waals surface area (Å²) < 4.78 is 4.99. The molecule has 0 spiro atoms. The molecule has 2 nitrogen and oxygen atoms in total. The van der Waals surface area contributed by atoms with Gasteiger partial charge < -0.3 is 0 Å². The van der Waals surface area contributed by atoms with E-state index < -0.39 is 5.54 Å². The quantitative estimate of drug-likeness (QED) is 0.0513. The Morgan fingerprint density at radius 3 is 2.16 bits per heavy atom. The van der Waals surface area contributed by atoms with Crippen molar-refractivity contribution in [3.63, 3.8) is 0 Å². The molecule has 6 aromatic rings. The molecule has 5 aliphatic rings. The number of nitrogens with zero attached hydrogens (tertiary/aromatic N) is 2. The van der Waals surface area contributed by atoms with Crippen LogP contribution in [0.1, 0.15) is 56.0 Å². The van der Waals surface area contributed by atoms with Crippen LogP contribution in [0.2, 0.25) is 0 Å². The third kappa shape index (κ3) is 4.80. The first-order chi connectivity index (χ1) is 27.2. The summed E-state index contributed by atoms with van der Waals surface area (Å²) >= 11 is 2.81. The highest BCUT2D eigenvalue weighted by molar-refractivity contribution is 14.1. The fraction of sp³-hybridized carbons (Fsp3) is 0.189. The van der Waals surface area contributed by atoms with Gasteiger partial charge in [0.1, 0.15) is 0 Å². The van der Waals surface area contributed by atoms with Gasteiger partial charge in [0.25, 0.3) is 5.70 Å². The van der Waals surface area contributed by atoms with E-state index in [4.69, 9.17) is 0 Å². The Labute approximate surface area is 343 Å². The molecule has 1 fully saturated rings. The summed E-state index contributed by atoms with van der Waals surface area (Å²) in [6.45, 7) is 9.64. The average Bonchev–Trinajstić information content (AvgIpc) is 3.78. The summed E-state index contributed by atoms with van der Waals surface area (Å²) in [5, 5.41) is 0. The maximum absolute atomic E-state index is 4.29. The summed E-state index contributed by atoms with van der Waals surface area (Å²) in [6, 6.07) is 45.3. The fourth-order valence-corrected chi connectivity index (χ4v) is 11.8. The number of aryl methyl sites for hydroxylation is 1. The van der Waals surface area contributed by atoms with Gasteiger partial charge >= 0.3 is 0 Å². The molecule has 3 aliphatic heterocycles. The number of allylic oxidation sites excluding steroid dienone is 7. The topological polar surface area (TPSA) is 7.76 Å². The molecule has 4 aromatic carbocycles. The predicted molar refractivity (Wildman–Crippen MR) is 238 cm³/mol. The molecule has 1 saturated carbocycles. The Morgan fingerprint density at radius 1 is 0.661 bits per heavy atom. The highest BCUT2D eigenvalue weighted by Gasteiger charge is 2.65. The van der Waals surface area contributed by atoms with Crippen LogP contribution in [0.15, 0.2) is 169 Å². The van der Waals surface area contributed by atoms with Gasteiger partial charge in [0.05, 0.1) is 20.1 Å². The molecular weight excluding hydrogens is 792 g/mol. The monoisotopic (exact) mass is 834 g/mol. The van der Waals surface area contributed by atoms with Crippen LogP contribution in [0, 0.1) is 12.3 Å². The van der Waals surface area contributed by atoms with Gasteiger partial charge in [0, 0.05) is 55.0 Å². The minimum absolute atomic E-state index is 0.0600. The van der Waals surface area contributed by atoms with Gasteiger partial charge in [-0.15, -0.1) is 0 Å². The zero-order valence-electron chi connectivity index (χ0n) is 32.3. The number of fused-ring (bicyclic) bond motifs is 15. The molecule has 5 heterocycles. The summed E-state index contributed by atoms with van der Waals surface area (Å²) in [6.07, 6.45) is 15.2. The maximum atomic E-state index is 4.29. The number of hydrogen-bond donors (Lipinski definition) is 0. The van der Waals surface area contributed by atoms with E-state index in [1.165, 1.54) is 89.3 Å². The third-order valence-electron chi connectivity index (χ3n) is 13.7. The van der Waals surface area contributed by atoms with Crippen LogP contribution in [0.25, 0.3) is 61.5 Å². The summed E-state index contributed by atoms with van der Waals surface area (Å²) in [5.74, 6) is 0. The molecule has 0 amide bonds. The number of pyridine rings is 2. The van der Waals surface area contributed by atoms with E-state index in [0.717, 1.165) is 25.0 Å². The molecule has 56 heavy (non-hydrogen) atoms. The second kappa shape index (κ2) is 12.1. The smallest absolute Gasteiger partial charge is 0.188 e. The Balaban J connectivity index is 1.36. The molecule has 0 radical (unpaired) electrons. The van der Waals surface area contributed by atoms with Gasteiger partial charge in [-0.1, -0.05) is 139 Å². The molecule has 11 rings (SSSR count). The van der Waals surface area contributed by atoms with Gasteiger partial charge in [0.15, 0.2) is 18.1 Å². The summed E-state index contributed by atoms with van der Waals surface area (Å²) in [7, 11) is 0. The molecule has 2 aromatic heterocycles. The first kappa shape index (κ1) is 33.9. The molecular formula is C53H43IN2+2. The van der Waals surface area contributed by atoms with Crippen LogP contribution >= 0.6 is 22.6 Å². The van der Waals surface area contributed by atoms with E-state index >= 15 is 0 Å². The van der Waals surface area contributed by atoms with E-state index in [1.54, 1.807) is 0 Å². The normalized spacial score (nSPS) is 25.6. The van der Waals surface area contributed by atoms with Gasteiger partial charge in [-0.25, -0.2) is 0 Å². The van der Waals surface area contributed by atoms with Crippen molar-refractivity contribution in [1.82, 2.24) is 0 Å². The second-order valence-electron chi connectivity index (χ2n) is 16.8. The van der Waals surface area contributed by atoms with Crippen molar-refractivity contribution in [2.24, 2.45) is 5.41 Å². The van der Waals surface area contributed by atoms with Crippen LogP contribution in [0.3, 0.4) is 0 Å². The molecule has 2 aliphatic carbocycles. The second-order valence-corrected chi connectivity index (χ2v) is 18.8. The Kier molecular flexibility index (Phi) is 7.32. The van der Waals surface area contributed by atoms with Crippen molar-refractivity contribution < 1.29 is 9.13 Å². The molecule has 0 saturated heterocycles. The molecule has 270 valence electrons. The van der Waals surface area contributed by atoms with E-state index in [2.05, 4.69) is 217 Å². The highest BCUT2D eigenvalue weighted by atomic mass is 127. The molecule has 3 unspecified atom stereocenters. The molecule has 8 bridgehead atoms. The largest absolute Gasteiger partial charge is 0.255 e. The van der Waals surface area contributed by atoms with E-state index in [0.29, 0.717) is 0 Å². The number of hydrogen-bond acceptors (Lipinski definition) is 0. The number of alkyl halides is 1. The molecule has 3 atom stereocenters. The van der Waals surface area contributed by atoms with Gasteiger partial charge in [-0.3, -0.25) is 0 Å². The SMILES string of the molecule is C/C1=C/C2(I)CC2(C)C2=CC3=C=C4C/C=C(\Cc5ccccc5-c5ccc(c[n+]53)-c3ccccc32)c2ccccc2-c2c[n+](c(C)cc2-c2ccccc2)C41C. The van der Waals surface area contributed by atoms with Crippen molar-refractivity contribution in [2.45, 2.75) is 55.9 Å². The van der Waals surface area contributed by atoms with Gasteiger partial charge in [-0.05, 0) is 87.7 Å². The van der Waals surface area contributed by atoms with Crippen LogP contribution in [0.5, 0.6) is 0 Å². The number of benzene rings is 4. The average molecular weight is 835 g/mol. The lowest BCUT2D eigenvalue weighted by Gasteiger charge is -2.32. The third-order valence-corrected chi connectivity index (χ3v) is 15.6. The van der Waals surface area contributed by atoms with Gasteiger partial charge in [-0.2, -0.15) is 9.13 Å². The Bertz CT molecular complexity index is 2880. The van der Waals surface area contributed by atoms with E-state index in [-0.39, 0.29) is 8.84 Å². The van der Waals surface area contributed by atoms with Crippen molar-refractivity contribution in [3.8, 4) is 44.6 Å². The molecule has 3 heteroatoms. The first-order valence-corrected chi connectivity index (χ1v) is 21.0. The van der Waals surface area contributed by atoms with Crippen LogP contribution < -0.4 is 9.13 Å². The van der Waals surface area contributed by atoms with Crippen molar-refractivity contribution in [3.05, 3.63) is 191 Å². The van der Waals surface area contributed by atoms with Crippen LogP contribution in [-0.2, 0) is 12.0 Å². The minimum atomic E-state index is -0.512. The zero-order valence-corrected chi connectivity index (χ0v) is 34.5. The first-order valence-electron chi connectivity index (χ1n) is 19.9. The van der Waals surface area contributed by atoms with Crippen molar-refractivity contribution in [2.75, 3.05) is 0 Å². The minimum Gasteiger partial charge on any atom is -0.188 e. The zero-order chi connectivity index (χ0) is 38.0. The van der Waals surface area contributed by atoms with Crippen LogP contribution in [-0.4, -0.2) is 3.42 Å². The summed E-state index contributed by atoms with van der Waals surface area (Å²) in [4.78, 5) is 0. The fourth-order valence-electron chi connectivity index (χ4n) is 10.3. The lowest BCUT2D eigenvalue weighted by atomic mass is 9.77. The Hall–Kier alpha value is -5.35. The number of halogens is 1. The lowest BCUT2D eigenvalue weighted by Crippen LogP contribution is -2.58. The lowest BCUT2D eigenvalue weighted by molar-refractivity contribution is -0.747. The van der Waals surface area contributed by atoms with E-state index in [1.807, 2.05) is 0 Å². The molecule has 0 N–H and O–H groups in total. The maximum Gasteiger partial charge on any atom is 0.255 e.